The molecule has 1 amide bonds. The number of carbonyl (C=O) groups is 1. The van der Waals surface area contributed by atoms with Gasteiger partial charge in [-0.3, -0.25) is 4.79 Å². The molecular weight excluding hydrogens is 386 g/mol. The smallest absolute Gasteiger partial charge is 0.234 e. The zero-order valence-electron chi connectivity index (χ0n) is 16.0. The van der Waals surface area contributed by atoms with Gasteiger partial charge in [-0.25, -0.2) is 14.6 Å². The van der Waals surface area contributed by atoms with Crippen molar-refractivity contribution in [2.24, 2.45) is 0 Å². The summed E-state index contributed by atoms with van der Waals surface area (Å²) in [4.78, 5) is 21.1. The molecule has 2 aromatic heterocycles. The minimum absolute atomic E-state index is 0.124. The zero-order valence-corrected chi connectivity index (χ0v) is 16.8. The van der Waals surface area contributed by atoms with Gasteiger partial charge in [-0.2, -0.15) is 5.10 Å². The lowest BCUT2D eigenvalue weighted by molar-refractivity contribution is -0.113. The van der Waals surface area contributed by atoms with E-state index in [4.69, 9.17) is 4.74 Å². The van der Waals surface area contributed by atoms with Gasteiger partial charge >= 0.3 is 0 Å². The van der Waals surface area contributed by atoms with E-state index in [1.165, 1.54) is 18.1 Å². The number of carbonyl (C=O) groups excluding carboxylic acids is 1. The Morgan fingerprint density at radius 1 is 1.17 bits per heavy atom. The number of nitrogens with zero attached hydrogens (tertiary/aromatic N) is 4. The summed E-state index contributed by atoms with van der Waals surface area (Å²) < 4.78 is 6.98. The Balaban J connectivity index is 1.51. The molecule has 2 heterocycles. The Bertz CT molecular complexity index is 1170. The van der Waals surface area contributed by atoms with E-state index in [1.54, 1.807) is 24.1 Å². The SMILES string of the molecule is COc1cccc(NC(=O)CSc2ncnc3c2cnn3-c2ccccc2C)c1. The quantitative estimate of drug-likeness (QED) is 0.387. The van der Waals surface area contributed by atoms with Crippen molar-refractivity contribution >= 4 is 34.4 Å². The molecule has 0 radical (unpaired) electrons. The monoisotopic (exact) mass is 405 g/mol. The van der Waals surface area contributed by atoms with Gasteiger partial charge in [-0.05, 0) is 30.7 Å². The number of rotatable bonds is 6. The number of hydrogen-bond acceptors (Lipinski definition) is 6. The van der Waals surface area contributed by atoms with Crippen LogP contribution >= 0.6 is 11.8 Å². The third-order valence-corrected chi connectivity index (χ3v) is 5.37. The van der Waals surface area contributed by atoms with E-state index in [2.05, 4.69) is 20.4 Å². The number of ether oxygens (including phenoxy) is 1. The Morgan fingerprint density at radius 2 is 2.03 bits per heavy atom. The van der Waals surface area contributed by atoms with E-state index in [0.717, 1.165) is 21.7 Å². The molecule has 0 atom stereocenters. The molecule has 0 aliphatic carbocycles. The van der Waals surface area contributed by atoms with Gasteiger partial charge in [0.2, 0.25) is 5.91 Å². The maximum atomic E-state index is 12.4. The molecule has 4 rings (SSSR count). The number of aryl methyl sites for hydroxylation is 1. The van der Waals surface area contributed by atoms with Gasteiger partial charge in [-0.1, -0.05) is 36.0 Å². The van der Waals surface area contributed by atoms with Crippen molar-refractivity contribution in [1.82, 2.24) is 19.7 Å². The summed E-state index contributed by atoms with van der Waals surface area (Å²) in [7, 11) is 1.59. The summed E-state index contributed by atoms with van der Waals surface area (Å²) in [5.74, 6) is 0.789. The number of benzene rings is 2. The molecular formula is C21H19N5O2S. The maximum absolute atomic E-state index is 12.4. The number of aromatic nitrogens is 4. The van der Waals surface area contributed by atoms with Gasteiger partial charge in [0.25, 0.3) is 0 Å². The number of anilines is 1. The number of amides is 1. The Labute approximate surface area is 172 Å². The van der Waals surface area contributed by atoms with Crippen LogP contribution in [0.4, 0.5) is 5.69 Å². The predicted octanol–water partition coefficient (Wildman–Crippen LogP) is 3.86. The minimum Gasteiger partial charge on any atom is -0.497 e. The molecule has 0 unspecified atom stereocenters. The van der Waals surface area contributed by atoms with Crippen LogP contribution in [-0.4, -0.2) is 38.5 Å². The highest BCUT2D eigenvalue weighted by Crippen LogP contribution is 2.27. The topological polar surface area (TPSA) is 81.9 Å². The average molecular weight is 405 g/mol. The van der Waals surface area contributed by atoms with E-state index in [1.807, 2.05) is 49.4 Å². The van der Waals surface area contributed by atoms with Gasteiger partial charge < -0.3 is 10.1 Å². The summed E-state index contributed by atoms with van der Waals surface area (Å²) in [6.45, 7) is 2.03. The first-order valence-corrected chi connectivity index (χ1v) is 9.95. The third kappa shape index (κ3) is 4.07. The van der Waals surface area contributed by atoms with Crippen LogP contribution in [0.5, 0.6) is 5.75 Å². The molecule has 0 aliphatic rings. The second-order valence-electron chi connectivity index (χ2n) is 6.33. The molecule has 0 bridgehead atoms. The van der Waals surface area contributed by atoms with Crippen LogP contribution in [-0.2, 0) is 4.79 Å². The lowest BCUT2D eigenvalue weighted by Gasteiger charge is -2.08. The van der Waals surface area contributed by atoms with Crippen molar-refractivity contribution in [2.75, 3.05) is 18.2 Å². The fourth-order valence-corrected chi connectivity index (χ4v) is 3.71. The second-order valence-corrected chi connectivity index (χ2v) is 7.29. The number of thioether (sulfide) groups is 1. The third-order valence-electron chi connectivity index (χ3n) is 4.37. The van der Waals surface area contributed by atoms with Crippen molar-refractivity contribution in [3.8, 4) is 11.4 Å². The van der Waals surface area contributed by atoms with Crippen LogP contribution in [0.2, 0.25) is 0 Å². The number of hydrogen-bond donors (Lipinski definition) is 1. The van der Waals surface area contributed by atoms with Crippen LogP contribution in [0.25, 0.3) is 16.7 Å². The number of para-hydroxylation sites is 1. The fraction of sp³-hybridized carbons (Fsp3) is 0.143. The van der Waals surface area contributed by atoms with E-state index in [0.29, 0.717) is 17.1 Å². The maximum Gasteiger partial charge on any atom is 0.234 e. The summed E-state index contributed by atoms with van der Waals surface area (Å²) in [6, 6.07) is 15.2. The first-order valence-electron chi connectivity index (χ1n) is 8.97. The highest BCUT2D eigenvalue weighted by atomic mass is 32.2. The van der Waals surface area contributed by atoms with Gasteiger partial charge in [-0.15, -0.1) is 0 Å². The molecule has 0 spiro atoms. The molecule has 0 saturated carbocycles. The van der Waals surface area contributed by atoms with Crippen LogP contribution < -0.4 is 10.1 Å². The minimum atomic E-state index is -0.124. The molecule has 29 heavy (non-hydrogen) atoms. The van der Waals surface area contributed by atoms with Gasteiger partial charge in [0.1, 0.15) is 17.1 Å². The summed E-state index contributed by atoms with van der Waals surface area (Å²) in [5.41, 5.74) is 3.47. The van der Waals surface area contributed by atoms with Crippen LogP contribution in [0, 0.1) is 6.92 Å². The average Bonchev–Trinajstić information content (AvgIpc) is 3.17. The highest BCUT2D eigenvalue weighted by molar-refractivity contribution is 8.00. The Hall–Kier alpha value is -3.39. The van der Waals surface area contributed by atoms with Crippen molar-refractivity contribution in [2.45, 2.75) is 11.9 Å². The number of nitrogens with one attached hydrogen (secondary N) is 1. The summed E-state index contributed by atoms with van der Waals surface area (Å²) in [6.07, 6.45) is 3.24. The molecule has 146 valence electrons. The molecule has 2 aromatic carbocycles. The molecule has 7 nitrogen and oxygen atoms in total. The molecule has 0 saturated heterocycles. The second kappa shape index (κ2) is 8.32. The first-order chi connectivity index (χ1) is 14.2. The fourth-order valence-electron chi connectivity index (χ4n) is 2.95. The van der Waals surface area contributed by atoms with Crippen molar-refractivity contribution in [1.29, 1.82) is 0 Å². The van der Waals surface area contributed by atoms with E-state index in [9.17, 15) is 4.79 Å². The van der Waals surface area contributed by atoms with Crippen LogP contribution in [0.1, 0.15) is 5.56 Å². The van der Waals surface area contributed by atoms with Crippen molar-refractivity contribution < 1.29 is 9.53 Å². The lowest BCUT2D eigenvalue weighted by Crippen LogP contribution is -2.14. The molecule has 0 fully saturated rings. The van der Waals surface area contributed by atoms with E-state index < -0.39 is 0 Å². The van der Waals surface area contributed by atoms with Crippen molar-refractivity contribution in [3.63, 3.8) is 0 Å². The largest absolute Gasteiger partial charge is 0.497 e. The van der Waals surface area contributed by atoms with Crippen molar-refractivity contribution in [3.05, 3.63) is 66.6 Å². The predicted molar refractivity (Wildman–Crippen MR) is 114 cm³/mol. The molecule has 0 aliphatic heterocycles. The summed E-state index contributed by atoms with van der Waals surface area (Å²) >= 11 is 1.35. The zero-order chi connectivity index (χ0) is 20.2. The highest BCUT2D eigenvalue weighted by Gasteiger charge is 2.14. The summed E-state index contributed by atoms with van der Waals surface area (Å²) in [5, 5.41) is 8.89. The standard InChI is InChI=1S/C21H19N5O2S/c1-14-6-3-4-9-18(14)26-20-17(11-24-26)21(23-13-22-20)29-12-19(27)25-15-7-5-8-16(10-15)28-2/h3-11,13H,12H2,1-2H3,(H,25,27). The Kier molecular flexibility index (Phi) is 5.44. The van der Waals surface area contributed by atoms with Gasteiger partial charge in [0.05, 0.1) is 30.1 Å². The number of fused-ring (bicyclic) bond motifs is 1. The first kappa shape index (κ1) is 18.9. The van der Waals surface area contributed by atoms with E-state index in [-0.39, 0.29) is 11.7 Å². The van der Waals surface area contributed by atoms with Crippen LogP contribution in [0.15, 0.2) is 66.1 Å². The molecule has 1 N–H and O–H groups in total. The van der Waals surface area contributed by atoms with Crippen LogP contribution in [0.3, 0.4) is 0 Å². The normalized spacial score (nSPS) is 10.8. The Morgan fingerprint density at radius 3 is 2.86 bits per heavy atom. The van der Waals surface area contributed by atoms with Gasteiger partial charge in [0, 0.05) is 11.8 Å². The van der Waals surface area contributed by atoms with Gasteiger partial charge in [0.15, 0.2) is 5.65 Å². The molecule has 8 heteroatoms. The molecule has 4 aromatic rings. The lowest BCUT2D eigenvalue weighted by atomic mass is 10.2. The number of methoxy groups -OCH3 is 1. The van der Waals surface area contributed by atoms with E-state index >= 15 is 0 Å².